The van der Waals surface area contributed by atoms with Crippen molar-refractivity contribution in [3.05, 3.63) is 11.6 Å². The van der Waals surface area contributed by atoms with E-state index in [0.29, 0.717) is 18.1 Å². The van der Waals surface area contributed by atoms with Gasteiger partial charge in [-0.1, -0.05) is 13.3 Å². The van der Waals surface area contributed by atoms with E-state index < -0.39 is 0 Å². The molecule has 0 amide bonds. The summed E-state index contributed by atoms with van der Waals surface area (Å²) in [4.78, 5) is 2.52. The van der Waals surface area contributed by atoms with Crippen LogP contribution in [0.1, 0.15) is 37.8 Å². The second-order valence-corrected chi connectivity index (χ2v) is 6.43. The summed E-state index contributed by atoms with van der Waals surface area (Å²) in [5.41, 5.74) is 0. The lowest BCUT2D eigenvalue weighted by Crippen LogP contribution is -2.51. The van der Waals surface area contributed by atoms with Crippen LogP contribution in [0, 0.1) is 5.92 Å². The van der Waals surface area contributed by atoms with E-state index >= 15 is 0 Å². The maximum absolute atomic E-state index is 5.77. The molecule has 3 atom stereocenters. The first-order valence-electron chi connectivity index (χ1n) is 8.46. The molecular weight excluding hydrogens is 280 g/mol. The Kier molecular flexibility index (Phi) is 5.10. The van der Waals surface area contributed by atoms with Crippen molar-refractivity contribution >= 4 is 0 Å². The Morgan fingerprint density at radius 2 is 2.09 bits per heavy atom. The number of hydrogen-bond acceptors (Lipinski definition) is 5. The van der Waals surface area contributed by atoms with E-state index in [4.69, 9.17) is 9.47 Å². The third-order valence-corrected chi connectivity index (χ3v) is 5.30. The number of morpholine rings is 1. The van der Waals surface area contributed by atoms with E-state index in [-0.39, 0.29) is 0 Å². The first-order valence-corrected chi connectivity index (χ1v) is 8.46. The molecule has 1 aromatic rings. The van der Waals surface area contributed by atoms with Crippen molar-refractivity contribution in [3.8, 4) is 0 Å². The lowest BCUT2D eigenvalue weighted by molar-refractivity contribution is -0.0618. The Morgan fingerprint density at radius 3 is 2.82 bits per heavy atom. The Labute approximate surface area is 132 Å². The highest BCUT2D eigenvalue weighted by atomic mass is 16.5. The van der Waals surface area contributed by atoms with Gasteiger partial charge >= 0.3 is 0 Å². The zero-order chi connectivity index (χ0) is 15.5. The number of hydrogen-bond donors (Lipinski definition) is 0. The molecule has 0 unspecified atom stereocenters. The third kappa shape index (κ3) is 3.05. The highest BCUT2D eigenvalue weighted by Crippen LogP contribution is 2.34. The second kappa shape index (κ2) is 7.06. The van der Waals surface area contributed by atoms with Crippen LogP contribution in [0.2, 0.25) is 0 Å². The minimum Gasteiger partial charge on any atom is -0.381 e. The molecule has 1 saturated heterocycles. The summed E-state index contributed by atoms with van der Waals surface area (Å²) in [6.45, 7) is 5.55. The molecule has 124 valence electrons. The van der Waals surface area contributed by atoms with Crippen LogP contribution in [-0.2, 0) is 29.5 Å². The van der Waals surface area contributed by atoms with Crippen molar-refractivity contribution in [2.24, 2.45) is 13.0 Å². The Bertz CT molecular complexity index is 490. The van der Waals surface area contributed by atoms with Crippen LogP contribution in [0.5, 0.6) is 0 Å². The van der Waals surface area contributed by atoms with Gasteiger partial charge in [0, 0.05) is 39.1 Å². The number of methoxy groups -OCH3 is 1. The van der Waals surface area contributed by atoms with Gasteiger partial charge in [-0.25, -0.2) is 0 Å². The van der Waals surface area contributed by atoms with E-state index in [2.05, 4.69) is 33.6 Å². The van der Waals surface area contributed by atoms with Gasteiger partial charge in [-0.05, 0) is 12.8 Å². The average molecular weight is 308 g/mol. The highest BCUT2D eigenvalue weighted by molar-refractivity contribution is 4.97. The van der Waals surface area contributed by atoms with Crippen molar-refractivity contribution in [2.45, 2.75) is 51.3 Å². The molecule has 3 rings (SSSR count). The maximum atomic E-state index is 5.77. The molecule has 1 aliphatic carbocycles. The molecule has 6 nitrogen and oxygen atoms in total. The summed E-state index contributed by atoms with van der Waals surface area (Å²) in [5, 5.41) is 8.66. The molecule has 1 saturated carbocycles. The molecule has 2 heterocycles. The smallest absolute Gasteiger partial charge is 0.146 e. The monoisotopic (exact) mass is 308 g/mol. The van der Waals surface area contributed by atoms with E-state index in [1.807, 2.05) is 7.11 Å². The molecule has 0 spiro atoms. The van der Waals surface area contributed by atoms with Gasteiger partial charge < -0.3 is 14.0 Å². The molecule has 2 aliphatic rings. The van der Waals surface area contributed by atoms with Crippen molar-refractivity contribution in [2.75, 3.05) is 26.9 Å². The van der Waals surface area contributed by atoms with Crippen molar-refractivity contribution in [3.63, 3.8) is 0 Å². The van der Waals surface area contributed by atoms with Gasteiger partial charge in [-0.3, -0.25) is 4.90 Å². The first kappa shape index (κ1) is 15.9. The van der Waals surface area contributed by atoms with E-state index in [0.717, 1.165) is 44.4 Å². The summed E-state index contributed by atoms with van der Waals surface area (Å²) < 4.78 is 13.6. The van der Waals surface area contributed by atoms with Gasteiger partial charge in [0.05, 0.1) is 25.9 Å². The molecule has 0 aromatic carbocycles. The molecule has 1 aliphatic heterocycles. The fourth-order valence-electron chi connectivity index (χ4n) is 3.96. The molecule has 0 N–H and O–H groups in total. The number of aryl methyl sites for hydroxylation is 1. The third-order valence-electron chi connectivity index (χ3n) is 5.30. The van der Waals surface area contributed by atoms with E-state index in [1.165, 1.54) is 19.3 Å². The minimum absolute atomic E-state index is 0.375. The van der Waals surface area contributed by atoms with Crippen LogP contribution in [0.15, 0.2) is 0 Å². The second-order valence-electron chi connectivity index (χ2n) is 6.43. The predicted molar refractivity (Wildman–Crippen MR) is 83.5 cm³/mol. The molecule has 1 aromatic heterocycles. The Hall–Kier alpha value is -0.980. The zero-order valence-corrected chi connectivity index (χ0v) is 14.0. The largest absolute Gasteiger partial charge is 0.381 e. The van der Waals surface area contributed by atoms with Crippen molar-refractivity contribution in [1.82, 2.24) is 19.7 Å². The van der Waals surface area contributed by atoms with Crippen LogP contribution in [0.3, 0.4) is 0 Å². The Morgan fingerprint density at radius 1 is 1.27 bits per heavy atom. The average Bonchev–Trinajstić information content (AvgIpc) is 3.15. The first-order chi connectivity index (χ1) is 10.7. The van der Waals surface area contributed by atoms with Crippen LogP contribution < -0.4 is 0 Å². The number of rotatable bonds is 5. The van der Waals surface area contributed by atoms with Gasteiger partial charge in [-0.2, -0.15) is 0 Å². The molecule has 6 heteroatoms. The van der Waals surface area contributed by atoms with Gasteiger partial charge in [0.1, 0.15) is 11.6 Å². The summed E-state index contributed by atoms with van der Waals surface area (Å²) in [6.07, 6.45) is 4.97. The fraction of sp³-hybridized carbons (Fsp3) is 0.875. The zero-order valence-electron chi connectivity index (χ0n) is 14.0. The van der Waals surface area contributed by atoms with Crippen LogP contribution >= 0.6 is 0 Å². The van der Waals surface area contributed by atoms with Gasteiger partial charge in [-0.15, -0.1) is 10.2 Å². The van der Waals surface area contributed by atoms with Gasteiger partial charge in [0.25, 0.3) is 0 Å². The van der Waals surface area contributed by atoms with Crippen LogP contribution in [-0.4, -0.2) is 58.7 Å². The summed E-state index contributed by atoms with van der Waals surface area (Å²) in [5.74, 6) is 2.68. The maximum Gasteiger partial charge on any atom is 0.146 e. The standard InChI is InChI=1S/C16H28N4O2/c1-4-15-17-18-16(19(15)2)10-20-8-9-22-11-13(20)12-6-5-7-14(12)21-3/h12-14H,4-11H2,1-3H3/t12-,13+,14-/m0/s1. The quantitative estimate of drug-likeness (QED) is 0.823. The number of ether oxygens (including phenoxy) is 2. The molecule has 2 fully saturated rings. The Balaban J connectivity index is 1.73. The van der Waals surface area contributed by atoms with Gasteiger partial charge in [0.15, 0.2) is 0 Å². The highest BCUT2D eigenvalue weighted by Gasteiger charge is 2.38. The number of nitrogens with zero attached hydrogens (tertiary/aromatic N) is 4. The summed E-state index contributed by atoms with van der Waals surface area (Å²) >= 11 is 0. The lowest BCUT2D eigenvalue weighted by Gasteiger charge is -2.40. The molecular formula is C16H28N4O2. The SMILES string of the molecule is CCc1nnc(CN2CCOC[C@@H]2[C@@H]2CCC[C@@H]2OC)n1C. The number of aromatic nitrogens is 3. The molecule has 0 bridgehead atoms. The van der Waals surface area contributed by atoms with E-state index in [1.54, 1.807) is 0 Å². The molecule has 22 heavy (non-hydrogen) atoms. The predicted octanol–water partition coefficient (Wildman–Crippen LogP) is 1.39. The van der Waals surface area contributed by atoms with Gasteiger partial charge in [0.2, 0.25) is 0 Å². The minimum atomic E-state index is 0.375. The normalized spacial score (nSPS) is 30.0. The topological polar surface area (TPSA) is 52.4 Å². The van der Waals surface area contributed by atoms with Crippen LogP contribution in [0.4, 0.5) is 0 Å². The van der Waals surface area contributed by atoms with Crippen molar-refractivity contribution in [1.29, 1.82) is 0 Å². The van der Waals surface area contributed by atoms with Crippen LogP contribution in [0.25, 0.3) is 0 Å². The van der Waals surface area contributed by atoms with E-state index in [9.17, 15) is 0 Å². The molecule has 0 radical (unpaired) electrons. The fourth-order valence-corrected chi connectivity index (χ4v) is 3.96. The van der Waals surface area contributed by atoms with Crippen molar-refractivity contribution < 1.29 is 9.47 Å². The summed E-state index contributed by atoms with van der Waals surface area (Å²) in [7, 11) is 3.91. The lowest BCUT2D eigenvalue weighted by atomic mass is 9.94. The summed E-state index contributed by atoms with van der Waals surface area (Å²) in [6, 6.07) is 0.433.